The molecule has 0 aliphatic rings. The van der Waals surface area contributed by atoms with Gasteiger partial charge < -0.3 is 0 Å². The molecule has 0 radical (unpaired) electrons. The molecule has 0 aromatic heterocycles. The third kappa shape index (κ3) is 2.62. The van der Waals surface area contributed by atoms with Crippen LogP contribution in [-0.4, -0.2) is 12.3 Å². The molecule has 0 spiro atoms. The van der Waals surface area contributed by atoms with E-state index < -0.39 is 8.07 Å². The molecule has 2 N–H and O–H groups in total. The summed E-state index contributed by atoms with van der Waals surface area (Å²) in [6.07, 6.45) is 2.49. The average Bonchev–Trinajstić information content (AvgIpc) is 1.65. The number of nitrogens with two attached hydrogens (primary N) is 1. The Kier molecular flexibility index (Phi) is 3.81. The van der Waals surface area contributed by atoms with Crippen LogP contribution in [0.5, 0.6) is 0 Å². The van der Waals surface area contributed by atoms with Crippen LogP contribution in [0.3, 0.4) is 0 Å². The van der Waals surface area contributed by atoms with Crippen molar-refractivity contribution in [3.05, 3.63) is 0 Å². The summed E-state index contributed by atoms with van der Waals surface area (Å²) in [4.78, 5) is 0. The van der Waals surface area contributed by atoms with E-state index in [1.165, 1.54) is 12.3 Å². The molecule has 0 aromatic carbocycles. The van der Waals surface area contributed by atoms with Gasteiger partial charge in [0.1, 0.15) is 0 Å². The van der Waals surface area contributed by atoms with Crippen molar-refractivity contribution in [2.24, 2.45) is 5.50 Å². The zero-order valence-corrected chi connectivity index (χ0v) is 5.72. The first-order valence-electron chi connectivity index (χ1n) is 2.56. The Balaban J connectivity index is 2.75. The van der Waals surface area contributed by atoms with Gasteiger partial charge in [0.25, 0.3) is 0 Å². The van der Waals surface area contributed by atoms with Crippen LogP contribution in [0.4, 0.5) is 0 Å². The van der Waals surface area contributed by atoms with Crippen molar-refractivity contribution < 1.29 is 0 Å². The normalized spacial score (nSPS) is 11.5. The first kappa shape index (κ1) is 6.39. The molecule has 0 amide bonds. The molecule has 0 saturated heterocycles. The molecule has 6 heavy (non-hydrogen) atoms. The van der Waals surface area contributed by atoms with Gasteiger partial charge in [-0.2, -0.15) is 0 Å². The third-order valence-electron chi connectivity index (χ3n) is 1.05. The summed E-state index contributed by atoms with van der Waals surface area (Å²) >= 11 is 0. The van der Waals surface area contributed by atoms with Crippen LogP contribution >= 0.6 is 8.07 Å². The van der Waals surface area contributed by atoms with Gasteiger partial charge in [-0.25, -0.2) is 0 Å². The zero-order valence-electron chi connectivity index (χ0n) is 4.57. The van der Waals surface area contributed by atoms with E-state index >= 15 is 0 Å². The van der Waals surface area contributed by atoms with Gasteiger partial charge in [-0.05, 0) is 0 Å². The molecule has 2 heteroatoms. The van der Waals surface area contributed by atoms with Crippen molar-refractivity contribution in [3.63, 3.8) is 0 Å². The quantitative estimate of drug-likeness (QED) is 0.520. The van der Waals surface area contributed by atoms with E-state index in [-0.39, 0.29) is 0 Å². The maximum atomic E-state index is 5.61. The minimum absolute atomic E-state index is 0.660. The molecule has 0 aromatic rings. The number of hydrogen-bond acceptors (Lipinski definition) is 1. The molecule has 1 nitrogen and oxygen atoms in total. The molecule has 0 fully saturated rings. The van der Waals surface area contributed by atoms with E-state index in [0.717, 1.165) is 0 Å². The predicted octanol–water partition coefficient (Wildman–Crippen LogP) is 0.846. The third-order valence-corrected chi connectivity index (χ3v) is 3.15. The molecule has 0 atom stereocenters. The van der Waals surface area contributed by atoms with Gasteiger partial charge >= 0.3 is 39.7 Å². The van der Waals surface area contributed by atoms with Crippen molar-refractivity contribution in [2.45, 2.75) is 13.8 Å². The van der Waals surface area contributed by atoms with Crippen LogP contribution < -0.4 is 5.50 Å². The van der Waals surface area contributed by atoms with Gasteiger partial charge in [0.15, 0.2) is 0 Å². The van der Waals surface area contributed by atoms with Crippen molar-refractivity contribution in [3.8, 4) is 0 Å². The molecule has 0 aliphatic heterocycles. The Hall–Kier alpha value is 0.390. The van der Waals surface area contributed by atoms with Crippen molar-refractivity contribution in [2.75, 3.05) is 12.3 Å². The van der Waals surface area contributed by atoms with Crippen LogP contribution in [0, 0.1) is 0 Å². The summed E-state index contributed by atoms with van der Waals surface area (Å²) in [6.45, 7) is 4.33. The average molecular weight is 107 g/mol. The second-order valence-corrected chi connectivity index (χ2v) is 4.73. The van der Waals surface area contributed by atoms with Crippen molar-refractivity contribution in [1.82, 2.24) is 0 Å². The Morgan fingerprint density at radius 1 is 1.33 bits per heavy atom. The maximum absolute atomic E-state index is 5.61. The van der Waals surface area contributed by atoms with Gasteiger partial charge in [-0.15, -0.1) is 0 Å². The summed E-state index contributed by atoms with van der Waals surface area (Å²) in [5.74, 6) is 0. The van der Waals surface area contributed by atoms with Crippen LogP contribution in [0.1, 0.15) is 13.8 Å². The van der Waals surface area contributed by atoms with E-state index in [1.807, 2.05) is 0 Å². The van der Waals surface area contributed by atoms with Gasteiger partial charge in [-0.3, -0.25) is 0 Å². The molecular formula is C4H14NP. The van der Waals surface area contributed by atoms with Crippen LogP contribution in [-0.2, 0) is 0 Å². The number of rotatable bonds is 2. The first-order chi connectivity index (χ1) is 2.81. The van der Waals surface area contributed by atoms with Gasteiger partial charge in [0.2, 0.25) is 0 Å². The summed E-state index contributed by atoms with van der Waals surface area (Å²) < 4.78 is 0. The van der Waals surface area contributed by atoms with Crippen molar-refractivity contribution in [1.29, 1.82) is 0 Å². The Labute approximate surface area is 40.7 Å². The fourth-order valence-corrected chi connectivity index (χ4v) is 0.866. The monoisotopic (exact) mass is 107 g/mol. The first-order valence-corrected chi connectivity index (χ1v) is 4.86. The zero-order chi connectivity index (χ0) is 4.99. The van der Waals surface area contributed by atoms with Gasteiger partial charge in [0.05, 0.1) is 0 Å². The topological polar surface area (TPSA) is 26.0 Å². The summed E-state index contributed by atoms with van der Waals surface area (Å²) in [7, 11) is -0.660. The van der Waals surface area contributed by atoms with E-state index in [4.69, 9.17) is 5.50 Å². The van der Waals surface area contributed by atoms with Gasteiger partial charge in [-0.1, -0.05) is 0 Å². The number of hydrogen-bond donors (Lipinski definition) is 1. The van der Waals surface area contributed by atoms with Crippen LogP contribution in [0.25, 0.3) is 0 Å². The Bertz CT molecular complexity index is 26.7. The van der Waals surface area contributed by atoms with Crippen LogP contribution in [0.15, 0.2) is 0 Å². The SMILES string of the molecule is CC[PH2](N)CC. The fraction of sp³-hybridized carbons (Fsp3) is 1.00. The van der Waals surface area contributed by atoms with E-state index in [2.05, 4.69) is 13.8 Å². The molecule has 0 saturated carbocycles. The molecular weight excluding hydrogens is 93.0 g/mol. The van der Waals surface area contributed by atoms with E-state index in [0.29, 0.717) is 0 Å². The second kappa shape index (κ2) is 3.58. The van der Waals surface area contributed by atoms with Crippen LogP contribution in [0.2, 0.25) is 0 Å². The van der Waals surface area contributed by atoms with E-state index in [9.17, 15) is 0 Å². The molecule has 0 heterocycles. The molecule has 0 rings (SSSR count). The van der Waals surface area contributed by atoms with E-state index in [1.54, 1.807) is 0 Å². The standard InChI is InChI=1S/C4H14NP/c1-3-6(5)4-2/h3-6H2,1-2H3. The van der Waals surface area contributed by atoms with Gasteiger partial charge in [0, 0.05) is 0 Å². The molecule has 40 valence electrons. The Morgan fingerprint density at radius 2 is 1.67 bits per heavy atom. The fourth-order valence-electron chi connectivity index (χ4n) is 0.289. The minimum atomic E-state index is -0.660. The second-order valence-electron chi connectivity index (χ2n) is 1.58. The summed E-state index contributed by atoms with van der Waals surface area (Å²) in [6, 6.07) is 0. The van der Waals surface area contributed by atoms with Crippen molar-refractivity contribution >= 4 is 8.07 Å². The summed E-state index contributed by atoms with van der Waals surface area (Å²) in [5, 5.41) is 0. The summed E-state index contributed by atoms with van der Waals surface area (Å²) in [5.41, 5.74) is 5.61. The molecule has 0 bridgehead atoms. The molecule has 0 unspecified atom stereocenters. The Morgan fingerprint density at radius 3 is 1.67 bits per heavy atom. The predicted molar refractivity (Wildman–Crippen MR) is 35.0 cm³/mol. The molecule has 0 aliphatic carbocycles.